The molecule has 0 heterocycles. The summed E-state index contributed by atoms with van der Waals surface area (Å²) in [6.07, 6.45) is 4.49. The van der Waals surface area contributed by atoms with Crippen LogP contribution < -0.4 is 4.72 Å². The molecule has 2 N–H and O–H groups in total. The molecule has 0 saturated heterocycles. The SMILES string of the molecule is O=S(=O)(NC1CCC(O)(c2cccc(F)c2)CC1)C1CCC1. The fourth-order valence-corrected chi connectivity index (χ4v) is 5.14. The lowest BCUT2D eigenvalue weighted by atomic mass is 9.78. The molecule has 6 heteroatoms. The minimum Gasteiger partial charge on any atom is -0.385 e. The zero-order valence-electron chi connectivity index (χ0n) is 12.5. The van der Waals surface area contributed by atoms with Crippen molar-refractivity contribution in [2.45, 2.75) is 61.8 Å². The molecule has 3 rings (SSSR count). The van der Waals surface area contributed by atoms with Crippen molar-refractivity contribution in [3.05, 3.63) is 35.6 Å². The molecule has 4 nitrogen and oxygen atoms in total. The highest BCUT2D eigenvalue weighted by Crippen LogP contribution is 2.38. The third-order valence-corrected chi connectivity index (χ3v) is 7.01. The lowest BCUT2D eigenvalue weighted by Crippen LogP contribution is -2.46. The van der Waals surface area contributed by atoms with Crippen LogP contribution in [0.25, 0.3) is 0 Å². The minimum absolute atomic E-state index is 0.126. The summed E-state index contributed by atoms with van der Waals surface area (Å²) in [5, 5.41) is 10.5. The summed E-state index contributed by atoms with van der Waals surface area (Å²) in [5.74, 6) is -0.362. The van der Waals surface area contributed by atoms with Crippen LogP contribution in [0, 0.1) is 5.82 Å². The summed E-state index contributed by atoms with van der Waals surface area (Å²) in [7, 11) is -3.22. The van der Waals surface area contributed by atoms with E-state index in [1.807, 2.05) is 0 Å². The molecule has 0 spiro atoms. The van der Waals surface area contributed by atoms with Gasteiger partial charge in [0, 0.05) is 6.04 Å². The van der Waals surface area contributed by atoms with Gasteiger partial charge >= 0.3 is 0 Å². The molecule has 2 aliphatic carbocycles. The van der Waals surface area contributed by atoms with Crippen LogP contribution in [-0.4, -0.2) is 24.8 Å². The van der Waals surface area contributed by atoms with Crippen molar-refractivity contribution in [2.24, 2.45) is 0 Å². The smallest absolute Gasteiger partial charge is 0.214 e. The van der Waals surface area contributed by atoms with Gasteiger partial charge in [0.25, 0.3) is 0 Å². The van der Waals surface area contributed by atoms with Crippen molar-refractivity contribution in [3.63, 3.8) is 0 Å². The van der Waals surface area contributed by atoms with Crippen LogP contribution in [0.4, 0.5) is 4.39 Å². The molecule has 2 aliphatic rings. The van der Waals surface area contributed by atoms with Gasteiger partial charge in [-0.25, -0.2) is 17.5 Å². The second-order valence-corrected chi connectivity index (χ2v) is 8.52. The second kappa shape index (κ2) is 5.91. The molecule has 0 aromatic heterocycles. The van der Waals surface area contributed by atoms with Gasteiger partial charge < -0.3 is 5.11 Å². The number of sulfonamides is 1. The first-order chi connectivity index (χ1) is 10.4. The van der Waals surface area contributed by atoms with Gasteiger partial charge in [0.1, 0.15) is 5.82 Å². The summed E-state index contributed by atoms with van der Waals surface area (Å²) in [6.45, 7) is 0. The van der Waals surface area contributed by atoms with Crippen molar-refractivity contribution >= 4 is 10.0 Å². The molecule has 0 radical (unpaired) electrons. The van der Waals surface area contributed by atoms with E-state index in [1.54, 1.807) is 12.1 Å². The Kier molecular flexibility index (Phi) is 4.27. The summed E-state index contributed by atoms with van der Waals surface area (Å²) < 4.78 is 40.4. The van der Waals surface area contributed by atoms with Gasteiger partial charge in [-0.3, -0.25) is 0 Å². The number of hydrogen-bond acceptors (Lipinski definition) is 3. The Bertz CT molecular complexity index is 635. The summed E-state index contributed by atoms with van der Waals surface area (Å²) in [5.41, 5.74) is -0.478. The second-order valence-electron chi connectivity index (χ2n) is 6.53. The monoisotopic (exact) mass is 327 g/mol. The topological polar surface area (TPSA) is 66.4 Å². The molecular weight excluding hydrogens is 305 g/mol. The molecule has 2 fully saturated rings. The molecule has 0 atom stereocenters. The van der Waals surface area contributed by atoms with E-state index in [2.05, 4.69) is 4.72 Å². The molecule has 122 valence electrons. The Balaban J connectivity index is 1.62. The fraction of sp³-hybridized carbons (Fsp3) is 0.625. The van der Waals surface area contributed by atoms with E-state index in [0.717, 1.165) is 19.3 Å². The van der Waals surface area contributed by atoms with Gasteiger partial charge in [0.15, 0.2) is 0 Å². The predicted molar refractivity (Wildman–Crippen MR) is 82.2 cm³/mol. The minimum atomic E-state index is -3.22. The summed E-state index contributed by atoms with van der Waals surface area (Å²) in [4.78, 5) is 0. The van der Waals surface area contributed by atoms with Crippen LogP contribution in [0.15, 0.2) is 24.3 Å². The number of nitrogens with one attached hydrogen (secondary N) is 1. The maximum Gasteiger partial charge on any atom is 0.214 e. The summed E-state index contributed by atoms with van der Waals surface area (Å²) >= 11 is 0. The lowest BCUT2D eigenvalue weighted by Gasteiger charge is -2.37. The molecule has 1 aromatic rings. The van der Waals surface area contributed by atoms with Gasteiger partial charge in [0.2, 0.25) is 10.0 Å². The Morgan fingerprint density at radius 1 is 1.18 bits per heavy atom. The average Bonchev–Trinajstić information content (AvgIpc) is 2.39. The normalized spacial score (nSPS) is 30.0. The van der Waals surface area contributed by atoms with E-state index in [-0.39, 0.29) is 17.1 Å². The van der Waals surface area contributed by atoms with Crippen LogP contribution in [0.1, 0.15) is 50.5 Å². The Labute approximate surface area is 130 Å². The van der Waals surface area contributed by atoms with Crippen LogP contribution in [0.2, 0.25) is 0 Å². The van der Waals surface area contributed by atoms with Gasteiger partial charge in [-0.1, -0.05) is 18.6 Å². The molecular formula is C16H22FNO3S. The van der Waals surface area contributed by atoms with E-state index in [4.69, 9.17) is 0 Å². The number of hydrogen-bond donors (Lipinski definition) is 2. The zero-order chi connectivity index (χ0) is 15.8. The molecule has 0 amide bonds. The maximum atomic E-state index is 13.3. The summed E-state index contributed by atoms with van der Waals surface area (Å²) in [6, 6.07) is 5.90. The number of benzene rings is 1. The Morgan fingerprint density at radius 3 is 2.41 bits per heavy atom. The lowest BCUT2D eigenvalue weighted by molar-refractivity contribution is -0.00665. The molecule has 0 aliphatic heterocycles. The average molecular weight is 327 g/mol. The molecule has 0 unspecified atom stereocenters. The van der Waals surface area contributed by atoms with E-state index in [1.165, 1.54) is 12.1 Å². The Hall–Kier alpha value is -0.980. The highest BCUT2D eigenvalue weighted by molar-refractivity contribution is 7.90. The largest absolute Gasteiger partial charge is 0.385 e. The Morgan fingerprint density at radius 2 is 1.86 bits per heavy atom. The highest BCUT2D eigenvalue weighted by atomic mass is 32.2. The van der Waals surface area contributed by atoms with E-state index in [9.17, 15) is 17.9 Å². The molecule has 0 bridgehead atoms. The van der Waals surface area contributed by atoms with E-state index < -0.39 is 15.6 Å². The number of rotatable bonds is 4. The van der Waals surface area contributed by atoms with E-state index >= 15 is 0 Å². The van der Waals surface area contributed by atoms with Gasteiger partial charge in [-0.2, -0.15) is 0 Å². The quantitative estimate of drug-likeness (QED) is 0.892. The third-order valence-electron chi connectivity index (χ3n) is 5.00. The van der Waals surface area contributed by atoms with E-state index in [0.29, 0.717) is 31.2 Å². The highest BCUT2D eigenvalue weighted by Gasteiger charge is 2.38. The van der Waals surface area contributed by atoms with Crippen LogP contribution in [-0.2, 0) is 15.6 Å². The van der Waals surface area contributed by atoms with Crippen molar-refractivity contribution in [2.75, 3.05) is 0 Å². The standard InChI is InChI=1S/C16H22FNO3S/c17-13-4-1-3-12(11-13)16(19)9-7-14(8-10-16)18-22(20,21)15-5-2-6-15/h1,3-4,11,14-15,18-19H,2,5-10H2. The number of halogens is 1. The fourth-order valence-electron chi connectivity index (χ4n) is 3.29. The van der Waals surface area contributed by atoms with Crippen LogP contribution in [0.5, 0.6) is 0 Å². The maximum absolute atomic E-state index is 13.3. The van der Waals surface area contributed by atoms with Gasteiger partial charge in [0.05, 0.1) is 10.9 Å². The first-order valence-corrected chi connectivity index (χ1v) is 9.43. The van der Waals surface area contributed by atoms with Crippen molar-refractivity contribution < 1.29 is 17.9 Å². The predicted octanol–water partition coefficient (Wildman–Crippen LogP) is 2.43. The third kappa shape index (κ3) is 3.19. The van der Waals surface area contributed by atoms with Crippen molar-refractivity contribution in [3.8, 4) is 0 Å². The first-order valence-electron chi connectivity index (χ1n) is 7.89. The van der Waals surface area contributed by atoms with Crippen LogP contribution in [0.3, 0.4) is 0 Å². The molecule has 2 saturated carbocycles. The van der Waals surface area contributed by atoms with Gasteiger partial charge in [-0.15, -0.1) is 0 Å². The van der Waals surface area contributed by atoms with Crippen LogP contribution >= 0.6 is 0 Å². The van der Waals surface area contributed by atoms with Crippen molar-refractivity contribution in [1.29, 1.82) is 0 Å². The zero-order valence-corrected chi connectivity index (χ0v) is 13.3. The number of aliphatic hydroxyl groups is 1. The molecule has 1 aromatic carbocycles. The molecule has 22 heavy (non-hydrogen) atoms. The first kappa shape index (κ1) is 15.9. The van der Waals surface area contributed by atoms with Crippen molar-refractivity contribution in [1.82, 2.24) is 4.72 Å². The van der Waals surface area contributed by atoms with Gasteiger partial charge in [-0.05, 0) is 56.2 Å².